The summed E-state index contributed by atoms with van der Waals surface area (Å²) in [4.78, 5) is 0. The molecule has 0 radical (unpaired) electrons. The molecule has 1 aliphatic heterocycles. The van der Waals surface area contributed by atoms with Crippen molar-refractivity contribution in [2.24, 2.45) is 0 Å². The average Bonchev–Trinajstić information content (AvgIpc) is 2.52. The lowest BCUT2D eigenvalue weighted by atomic mass is 10.2. The smallest absolute Gasteiger partial charge is 0.161 e. The molecule has 0 bridgehead atoms. The zero-order valence-electron chi connectivity index (χ0n) is 12.3. The third-order valence-corrected chi connectivity index (χ3v) is 3.02. The monoisotopic (exact) mass is 293 g/mol. The van der Waals surface area contributed by atoms with Gasteiger partial charge in [0.15, 0.2) is 11.5 Å². The number of rotatable bonds is 1. The van der Waals surface area contributed by atoms with E-state index in [4.69, 9.17) is 18.9 Å². The molecular formula is C16H23NO4. The first kappa shape index (κ1) is 15.8. The first-order valence-electron chi connectivity index (χ1n) is 7.28. The average molecular weight is 293 g/mol. The first-order valence-corrected chi connectivity index (χ1v) is 7.28. The highest BCUT2D eigenvalue weighted by Crippen LogP contribution is 2.28. The van der Waals surface area contributed by atoms with Crippen LogP contribution in [0.15, 0.2) is 24.8 Å². The van der Waals surface area contributed by atoms with Gasteiger partial charge < -0.3 is 24.3 Å². The van der Waals surface area contributed by atoms with Crippen LogP contribution in [-0.4, -0.2) is 52.7 Å². The van der Waals surface area contributed by atoms with E-state index in [-0.39, 0.29) is 0 Å². The maximum Gasteiger partial charge on any atom is 0.161 e. The summed E-state index contributed by atoms with van der Waals surface area (Å²) >= 11 is 0. The van der Waals surface area contributed by atoms with Crippen LogP contribution in [0, 0.1) is 0 Å². The van der Waals surface area contributed by atoms with Crippen molar-refractivity contribution in [3.05, 3.63) is 30.3 Å². The maximum absolute atomic E-state index is 5.79. The van der Waals surface area contributed by atoms with E-state index in [0.717, 1.165) is 30.2 Å². The zero-order valence-corrected chi connectivity index (χ0v) is 12.3. The third-order valence-electron chi connectivity index (χ3n) is 3.02. The van der Waals surface area contributed by atoms with Gasteiger partial charge in [0.1, 0.15) is 13.2 Å². The van der Waals surface area contributed by atoms with Crippen LogP contribution in [0.25, 0.3) is 6.08 Å². The maximum atomic E-state index is 5.79. The first-order chi connectivity index (χ1) is 10.4. The Morgan fingerprint density at radius 3 is 2.43 bits per heavy atom. The van der Waals surface area contributed by atoms with Gasteiger partial charge in [0.2, 0.25) is 0 Å². The molecule has 116 valence electrons. The van der Waals surface area contributed by atoms with Crippen LogP contribution in [0.5, 0.6) is 11.5 Å². The van der Waals surface area contributed by atoms with E-state index in [2.05, 4.69) is 11.9 Å². The van der Waals surface area contributed by atoms with E-state index in [9.17, 15) is 0 Å². The predicted molar refractivity (Wildman–Crippen MR) is 82.0 cm³/mol. The van der Waals surface area contributed by atoms with Crippen LogP contribution in [0.2, 0.25) is 0 Å². The number of fused-ring (bicyclic) bond motifs is 1. The topological polar surface area (TPSA) is 49.0 Å². The Hall–Kier alpha value is -1.56. The second-order valence-corrected chi connectivity index (χ2v) is 4.58. The largest absolute Gasteiger partial charge is 0.488 e. The molecule has 0 saturated heterocycles. The Labute approximate surface area is 125 Å². The lowest BCUT2D eigenvalue weighted by Gasteiger charge is -2.13. The molecule has 0 aliphatic carbocycles. The lowest BCUT2D eigenvalue weighted by Crippen LogP contribution is -2.25. The van der Waals surface area contributed by atoms with Gasteiger partial charge in [-0.3, -0.25) is 0 Å². The van der Waals surface area contributed by atoms with E-state index in [1.165, 1.54) is 0 Å². The number of hydrogen-bond donors (Lipinski definition) is 1. The van der Waals surface area contributed by atoms with Crippen molar-refractivity contribution in [3.63, 3.8) is 0 Å². The molecule has 0 atom stereocenters. The van der Waals surface area contributed by atoms with Crippen LogP contribution in [0.3, 0.4) is 0 Å². The van der Waals surface area contributed by atoms with Gasteiger partial charge in [-0.1, -0.05) is 18.7 Å². The predicted octanol–water partition coefficient (Wildman–Crippen LogP) is 1.72. The Morgan fingerprint density at radius 1 is 0.857 bits per heavy atom. The summed E-state index contributed by atoms with van der Waals surface area (Å²) in [6.45, 7) is 8.81. The number of benzene rings is 1. The molecule has 0 unspecified atom stereocenters. The molecule has 5 nitrogen and oxygen atoms in total. The van der Waals surface area contributed by atoms with Crippen LogP contribution in [0.1, 0.15) is 5.56 Å². The molecule has 1 aromatic rings. The van der Waals surface area contributed by atoms with E-state index in [1.807, 2.05) is 18.2 Å². The van der Waals surface area contributed by atoms with Crippen molar-refractivity contribution in [1.29, 1.82) is 0 Å². The number of hydrogen-bond acceptors (Lipinski definition) is 5. The summed E-state index contributed by atoms with van der Waals surface area (Å²) < 4.78 is 22.4. The van der Waals surface area contributed by atoms with Gasteiger partial charge in [-0.2, -0.15) is 0 Å². The number of ether oxygens (including phenoxy) is 4. The van der Waals surface area contributed by atoms with Gasteiger partial charge in [0, 0.05) is 13.1 Å². The lowest BCUT2D eigenvalue weighted by molar-refractivity contribution is 0.0375. The van der Waals surface area contributed by atoms with E-state index < -0.39 is 0 Å². The molecule has 0 aromatic heterocycles. The highest BCUT2D eigenvalue weighted by atomic mass is 16.6. The molecule has 0 saturated carbocycles. The summed E-state index contributed by atoms with van der Waals surface area (Å²) in [5, 5.41) is 3.26. The number of nitrogens with one attached hydrogen (secondary N) is 1. The molecular weight excluding hydrogens is 270 g/mol. The summed E-state index contributed by atoms with van der Waals surface area (Å²) in [6, 6.07) is 5.79. The van der Waals surface area contributed by atoms with Gasteiger partial charge in [-0.25, -0.2) is 0 Å². The Bertz CT molecular complexity index is 436. The molecule has 21 heavy (non-hydrogen) atoms. The summed E-state index contributed by atoms with van der Waals surface area (Å²) in [7, 11) is 0. The van der Waals surface area contributed by atoms with Crippen molar-refractivity contribution in [2.45, 2.75) is 0 Å². The van der Waals surface area contributed by atoms with Crippen LogP contribution in [-0.2, 0) is 9.47 Å². The minimum atomic E-state index is 0.488. The fourth-order valence-electron chi connectivity index (χ4n) is 1.92. The van der Waals surface area contributed by atoms with Crippen LogP contribution in [0.4, 0.5) is 0 Å². The van der Waals surface area contributed by atoms with Gasteiger partial charge in [0.25, 0.3) is 0 Å². The van der Waals surface area contributed by atoms with Crippen molar-refractivity contribution in [2.75, 3.05) is 52.7 Å². The SMILES string of the molecule is C=Cc1ccc2c(c1)OCCNCCOCCOCCO2. The van der Waals surface area contributed by atoms with Crippen LogP contribution < -0.4 is 14.8 Å². The van der Waals surface area contributed by atoms with Gasteiger partial charge in [0.05, 0.1) is 26.4 Å². The minimum Gasteiger partial charge on any atom is -0.488 e. The zero-order chi connectivity index (χ0) is 14.8. The van der Waals surface area contributed by atoms with Crippen molar-refractivity contribution in [3.8, 4) is 11.5 Å². The van der Waals surface area contributed by atoms with Crippen molar-refractivity contribution >= 4 is 6.08 Å². The van der Waals surface area contributed by atoms with Gasteiger partial charge in [-0.05, 0) is 17.7 Å². The van der Waals surface area contributed by atoms with Gasteiger partial charge in [-0.15, -0.1) is 0 Å². The molecule has 2 rings (SSSR count). The third kappa shape index (κ3) is 5.75. The quantitative estimate of drug-likeness (QED) is 0.854. The van der Waals surface area contributed by atoms with E-state index in [1.54, 1.807) is 6.08 Å². The Kier molecular flexibility index (Phi) is 7.07. The highest BCUT2D eigenvalue weighted by Gasteiger charge is 2.06. The molecule has 1 aliphatic rings. The molecule has 1 heterocycles. The summed E-state index contributed by atoms with van der Waals surface area (Å²) in [6.07, 6.45) is 1.79. The van der Waals surface area contributed by atoms with Crippen molar-refractivity contribution in [1.82, 2.24) is 5.32 Å². The summed E-state index contributed by atoms with van der Waals surface area (Å²) in [5.74, 6) is 1.47. The summed E-state index contributed by atoms with van der Waals surface area (Å²) in [5.41, 5.74) is 1.01. The van der Waals surface area contributed by atoms with Crippen molar-refractivity contribution < 1.29 is 18.9 Å². The van der Waals surface area contributed by atoms with Gasteiger partial charge >= 0.3 is 0 Å². The highest BCUT2D eigenvalue weighted by molar-refractivity contribution is 5.54. The second-order valence-electron chi connectivity index (χ2n) is 4.58. The normalized spacial score (nSPS) is 18.3. The molecule has 1 N–H and O–H groups in total. The van der Waals surface area contributed by atoms with E-state index in [0.29, 0.717) is 39.6 Å². The molecule has 0 fully saturated rings. The fourth-order valence-corrected chi connectivity index (χ4v) is 1.92. The minimum absolute atomic E-state index is 0.488. The molecule has 0 spiro atoms. The Morgan fingerprint density at radius 2 is 1.57 bits per heavy atom. The van der Waals surface area contributed by atoms with E-state index >= 15 is 0 Å². The Balaban J connectivity index is 1.98. The standard InChI is InChI=1S/C16H23NO4/c1-2-14-3-4-15-16(13-14)20-8-6-17-5-7-18-9-10-19-11-12-21-15/h2-4,13,17H,1,5-12H2. The van der Waals surface area contributed by atoms with Crippen LogP contribution >= 0.6 is 0 Å². The molecule has 0 amide bonds. The molecule has 1 aromatic carbocycles. The second kappa shape index (κ2) is 9.39. The molecule has 5 heteroatoms. The fraction of sp³-hybridized carbons (Fsp3) is 0.500.